The van der Waals surface area contributed by atoms with Gasteiger partial charge in [0.2, 0.25) is 0 Å². The Hall–Kier alpha value is -4.57. The first-order chi connectivity index (χ1) is 20.2. The zero-order valence-corrected chi connectivity index (χ0v) is 24.6. The van der Waals surface area contributed by atoms with E-state index in [2.05, 4.69) is 10.0 Å². The van der Waals surface area contributed by atoms with Crippen LogP contribution in [0.3, 0.4) is 0 Å². The monoisotopic (exact) mass is 605 g/mol. The lowest BCUT2D eigenvalue weighted by molar-refractivity contribution is -0.137. The summed E-state index contributed by atoms with van der Waals surface area (Å²) in [5, 5.41) is 3.42. The predicted molar refractivity (Wildman–Crippen MR) is 163 cm³/mol. The zero-order chi connectivity index (χ0) is 31.0. The molecule has 222 valence electrons. The summed E-state index contributed by atoms with van der Waals surface area (Å²) in [7, 11) is -3.90. The highest BCUT2D eigenvalue weighted by atomic mass is 32.2. The number of rotatable bonds is 7. The first-order valence-corrected chi connectivity index (χ1v) is 15.0. The first kappa shape index (κ1) is 29.9. The molecule has 0 unspecified atom stereocenters. The molecule has 1 heterocycles. The molecule has 0 radical (unpaired) electrons. The third kappa shape index (κ3) is 6.75. The molecule has 0 bridgehead atoms. The van der Waals surface area contributed by atoms with Gasteiger partial charge in [-0.3, -0.25) is 9.52 Å². The van der Waals surface area contributed by atoms with Gasteiger partial charge in [-0.05, 0) is 77.2 Å². The first-order valence-electron chi connectivity index (χ1n) is 13.5. The van der Waals surface area contributed by atoms with Crippen molar-refractivity contribution in [1.82, 2.24) is 4.57 Å². The Morgan fingerprint density at radius 3 is 2.00 bits per heavy atom. The molecule has 0 atom stereocenters. The van der Waals surface area contributed by atoms with Gasteiger partial charge < -0.3 is 9.88 Å². The van der Waals surface area contributed by atoms with Gasteiger partial charge in [-0.2, -0.15) is 13.2 Å². The summed E-state index contributed by atoms with van der Waals surface area (Å²) in [6, 6.07) is 26.8. The van der Waals surface area contributed by atoms with Crippen molar-refractivity contribution >= 4 is 38.2 Å². The van der Waals surface area contributed by atoms with Gasteiger partial charge in [0.25, 0.3) is 15.9 Å². The van der Waals surface area contributed by atoms with Crippen LogP contribution in [0.15, 0.2) is 108 Å². The second-order valence-electron chi connectivity index (χ2n) is 11.3. The van der Waals surface area contributed by atoms with Crippen LogP contribution in [0.4, 0.5) is 24.5 Å². The minimum Gasteiger partial charge on any atom is -0.332 e. The molecule has 43 heavy (non-hydrogen) atoms. The Balaban J connectivity index is 1.49. The number of hydrogen-bond donors (Lipinski definition) is 2. The molecule has 0 aliphatic carbocycles. The fourth-order valence-electron chi connectivity index (χ4n) is 4.74. The Bertz CT molecular complexity index is 1870. The molecule has 10 heteroatoms. The molecule has 0 aliphatic rings. The number of alkyl halides is 3. The van der Waals surface area contributed by atoms with Crippen molar-refractivity contribution in [2.24, 2.45) is 0 Å². The van der Waals surface area contributed by atoms with Crippen LogP contribution in [-0.4, -0.2) is 18.9 Å². The molecule has 5 aromatic rings. The highest BCUT2D eigenvalue weighted by Gasteiger charge is 2.30. The largest absolute Gasteiger partial charge is 0.416 e. The second kappa shape index (κ2) is 11.3. The van der Waals surface area contributed by atoms with Crippen LogP contribution in [0.1, 0.15) is 48.0 Å². The number of nitrogens with one attached hydrogen (secondary N) is 2. The standard InChI is InChI=1S/C33H30F3N3O3S/c1-32(2,3)24-13-16-28(17-14-24)43(41,42)38-27-15-18-29-23(19-27)20-30(31(40)37-26-7-5-4-6-8-26)39(29)21-22-9-11-25(12-10-22)33(34,35)36/h4-20,38H,21H2,1-3H3,(H,37,40). The maximum absolute atomic E-state index is 13.4. The summed E-state index contributed by atoms with van der Waals surface area (Å²) in [5.74, 6) is -0.421. The predicted octanol–water partition coefficient (Wildman–Crippen LogP) is 8.06. The van der Waals surface area contributed by atoms with E-state index in [1.54, 1.807) is 77.4 Å². The molecule has 2 N–H and O–H groups in total. The number of para-hydroxylation sites is 1. The van der Waals surface area contributed by atoms with Crippen LogP contribution in [0.5, 0.6) is 0 Å². The Morgan fingerprint density at radius 2 is 1.40 bits per heavy atom. The summed E-state index contributed by atoms with van der Waals surface area (Å²) in [6.45, 7) is 6.25. The van der Waals surface area contributed by atoms with Gasteiger partial charge in [-0.15, -0.1) is 0 Å². The molecule has 1 amide bonds. The summed E-state index contributed by atoms with van der Waals surface area (Å²) >= 11 is 0. The van der Waals surface area contributed by atoms with E-state index in [0.29, 0.717) is 27.8 Å². The van der Waals surface area contributed by atoms with Gasteiger partial charge >= 0.3 is 6.18 Å². The molecule has 0 saturated carbocycles. The molecule has 4 aromatic carbocycles. The molecule has 0 fully saturated rings. The van der Waals surface area contributed by atoms with Gasteiger partial charge in [0, 0.05) is 28.8 Å². The minimum atomic E-state index is -4.46. The van der Waals surface area contributed by atoms with Gasteiger partial charge in [0.15, 0.2) is 0 Å². The van der Waals surface area contributed by atoms with Gasteiger partial charge in [-0.1, -0.05) is 63.2 Å². The number of sulfonamides is 1. The van der Waals surface area contributed by atoms with Crippen LogP contribution in [0.2, 0.25) is 0 Å². The van der Waals surface area contributed by atoms with Crippen molar-refractivity contribution < 1.29 is 26.4 Å². The number of aromatic nitrogens is 1. The van der Waals surface area contributed by atoms with Crippen molar-refractivity contribution in [3.8, 4) is 0 Å². The molecule has 0 aliphatic heterocycles. The number of carbonyl (C=O) groups is 1. The van der Waals surface area contributed by atoms with Crippen LogP contribution >= 0.6 is 0 Å². The smallest absolute Gasteiger partial charge is 0.332 e. The van der Waals surface area contributed by atoms with E-state index in [4.69, 9.17) is 0 Å². The topological polar surface area (TPSA) is 80.2 Å². The molecule has 0 spiro atoms. The van der Waals surface area contributed by atoms with E-state index in [-0.39, 0.29) is 22.5 Å². The minimum absolute atomic E-state index is 0.114. The molecular weight excluding hydrogens is 575 g/mol. The molecule has 5 rings (SSSR count). The fraction of sp³-hybridized carbons (Fsp3) is 0.182. The number of carbonyl (C=O) groups excluding carboxylic acids is 1. The lowest BCUT2D eigenvalue weighted by atomic mass is 9.87. The highest BCUT2D eigenvalue weighted by Crippen LogP contribution is 2.31. The Morgan fingerprint density at radius 1 is 0.767 bits per heavy atom. The number of amides is 1. The number of hydrogen-bond acceptors (Lipinski definition) is 3. The lowest BCUT2D eigenvalue weighted by Gasteiger charge is -2.19. The molecule has 0 saturated heterocycles. The van der Waals surface area contributed by atoms with E-state index in [1.165, 1.54) is 12.1 Å². The third-order valence-corrected chi connectivity index (χ3v) is 8.47. The maximum atomic E-state index is 13.4. The van der Waals surface area contributed by atoms with E-state index in [0.717, 1.165) is 17.7 Å². The van der Waals surface area contributed by atoms with E-state index in [1.807, 2.05) is 26.8 Å². The van der Waals surface area contributed by atoms with Crippen LogP contribution in [0.25, 0.3) is 10.9 Å². The zero-order valence-electron chi connectivity index (χ0n) is 23.7. The summed E-state index contributed by atoms with van der Waals surface area (Å²) < 4.78 is 69.9. The Labute approximate surface area is 248 Å². The molecule has 6 nitrogen and oxygen atoms in total. The maximum Gasteiger partial charge on any atom is 0.416 e. The number of halogens is 3. The van der Waals surface area contributed by atoms with Crippen molar-refractivity contribution in [1.29, 1.82) is 0 Å². The van der Waals surface area contributed by atoms with Crippen LogP contribution in [0, 0.1) is 0 Å². The summed E-state index contributed by atoms with van der Waals surface area (Å²) in [4.78, 5) is 13.5. The van der Waals surface area contributed by atoms with Gasteiger partial charge in [0.05, 0.1) is 10.5 Å². The van der Waals surface area contributed by atoms with Gasteiger partial charge in [0.1, 0.15) is 5.69 Å². The number of nitrogens with zero attached hydrogens (tertiary/aromatic N) is 1. The number of fused-ring (bicyclic) bond motifs is 1. The highest BCUT2D eigenvalue weighted by molar-refractivity contribution is 7.92. The number of benzene rings is 4. The van der Waals surface area contributed by atoms with E-state index >= 15 is 0 Å². The summed E-state index contributed by atoms with van der Waals surface area (Å²) in [5.41, 5.74) is 2.41. The van der Waals surface area contributed by atoms with E-state index < -0.39 is 27.7 Å². The van der Waals surface area contributed by atoms with Crippen LogP contribution in [-0.2, 0) is 28.2 Å². The lowest BCUT2D eigenvalue weighted by Crippen LogP contribution is -2.17. The van der Waals surface area contributed by atoms with Crippen molar-refractivity contribution in [3.05, 3.63) is 126 Å². The van der Waals surface area contributed by atoms with Crippen molar-refractivity contribution in [2.45, 2.75) is 43.8 Å². The van der Waals surface area contributed by atoms with Crippen LogP contribution < -0.4 is 10.0 Å². The third-order valence-electron chi connectivity index (χ3n) is 7.07. The Kier molecular flexibility index (Phi) is 7.83. The summed E-state index contributed by atoms with van der Waals surface area (Å²) in [6.07, 6.45) is -4.46. The average molecular weight is 606 g/mol. The fourth-order valence-corrected chi connectivity index (χ4v) is 5.79. The van der Waals surface area contributed by atoms with E-state index in [9.17, 15) is 26.4 Å². The molecule has 1 aromatic heterocycles. The molecular formula is C33H30F3N3O3S. The average Bonchev–Trinajstić information content (AvgIpc) is 3.30. The van der Waals surface area contributed by atoms with Gasteiger partial charge in [-0.25, -0.2) is 8.42 Å². The SMILES string of the molecule is CC(C)(C)c1ccc(S(=O)(=O)Nc2ccc3c(c2)cc(C(=O)Nc2ccccc2)n3Cc2ccc(C(F)(F)F)cc2)cc1. The van der Waals surface area contributed by atoms with Crippen molar-refractivity contribution in [2.75, 3.05) is 10.0 Å². The van der Waals surface area contributed by atoms with Crippen molar-refractivity contribution in [3.63, 3.8) is 0 Å². The quantitative estimate of drug-likeness (QED) is 0.197. The number of anilines is 2. The second-order valence-corrected chi connectivity index (χ2v) is 13.0. The normalized spacial score (nSPS) is 12.3.